The highest BCUT2D eigenvalue weighted by molar-refractivity contribution is 6.23. The first-order valence-electron chi connectivity index (χ1n) is 11.7. The van der Waals surface area contributed by atoms with E-state index in [4.69, 9.17) is 4.98 Å². The van der Waals surface area contributed by atoms with Crippen LogP contribution >= 0.6 is 0 Å². The van der Waals surface area contributed by atoms with Crippen LogP contribution in [0.15, 0.2) is 48.7 Å². The number of piperidine rings is 1. The summed E-state index contributed by atoms with van der Waals surface area (Å²) in [7, 11) is 0. The van der Waals surface area contributed by atoms with Crippen LogP contribution in [-0.4, -0.2) is 54.4 Å². The summed E-state index contributed by atoms with van der Waals surface area (Å²) in [5.41, 5.74) is 8.73. The highest BCUT2D eigenvalue weighted by Crippen LogP contribution is 2.31. The van der Waals surface area contributed by atoms with Gasteiger partial charge in [0.15, 0.2) is 0 Å². The summed E-state index contributed by atoms with van der Waals surface area (Å²) in [6.07, 6.45) is 1.89. The van der Waals surface area contributed by atoms with Gasteiger partial charge in [-0.3, -0.25) is 39.8 Å². The van der Waals surface area contributed by atoms with E-state index in [0.29, 0.717) is 11.4 Å². The number of aryl methyl sites for hydroxylation is 1. The van der Waals surface area contributed by atoms with Crippen LogP contribution in [0.1, 0.15) is 44.9 Å². The van der Waals surface area contributed by atoms with Crippen molar-refractivity contribution in [2.75, 3.05) is 5.43 Å². The van der Waals surface area contributed by atoms with Crippen molar-refractivity contribution in [3.8, 4) is 11.3 Å². The second-order valence-corrected chi connectivity index (χ2v) is 9.02. The molecule has 11 heteroatoms. The topological polar surface area (TPSA) is 139 Å². The molecule has 2 aliphatic rings. The number of benzene rings is 2. The number of carbonyl (C=O) groups is 4. The fourth-order valence-corrected chi connectivity index (χ4v) is 4.86. The van der Waals surface area contributed by atoms with E-state index in [9.17, 15) is 19.2 Å². The van der Waals surface area contributed by atoms with Crippen LogP contribution in [0, 0.1) is 13.8 Å². The normalized spacial score (nSPS) is 17.4. The first kappa shape index (κ1) is 22.5. The third-order valence-corrected chi connectivity index (χ3v) is 6.67. The number of hydrogen-bond donors (Lipinski definition) is 2. The van der Waals surface area contributed by atoms with Gasteiger partial charge in [0.05, 0.1) is 51.1 Å². The summed E-state index contributed by atoms with van der Waals surface area (Å²) < 4.78 is 0. The Morgan fingerprint density at radius 3 is 2.51 bits per heavy atom. The van der Waals surface area contributed by atoms with Crippen LogP contribution in [0.5, 0.6) is 0 Å². The van der Waals surface area contributed by atoms with Gasteiger partial charge in [-0.15, -0.1) is 0 Å². The number of nitrogens with one attached hydrogen (secondary N) is 2. The lowest BCUT2D eigenvalue weighted by Gasteiger charge is -2.27. The molecule has 2 aromatic carbocycles. The zero-order valence-corrected chi connectivity index (χ0v) is 20.0. The molecule has 4 amide bonds. The smallest absolute Gasteiger partial charge is 0.262 e. The largest absolute Gasteiger partial charge is 0.295 e. The zero-order valence-electron chi connectivity index (χ0n) is 20.0. The molecule has 1 atom stereocenters. The molecule has 4 aromatic rings. The molecule has 0 radical (unpaired) electrons. The minimum Gasteiger partial charge on any atom is -0.295 e. The first-order valence-corrected chi connectivity index (χ1v) is 11.7. The van der Waals surface area contributed by atoms with Crippen molar-refractivity contribution >= 4 is 40.3 Å². The van der Waals surface area contributed by atoms with E-state index in [1.54, 1.807) is 29.2 Å². The molecule has 0 aliphatic carbocycles. The van der Waals surface area contributed by atoms with E-state index in [2.05, 4.69) is 20.8 Å². The molecule has 0 spiro atoms. The van der Waals surface area contributed by atoms with E-state index in [1.807, 2.05) is 38.1 Å². The fourth-order valence-electron chi connectivity index (χ4n) is 4.86. The molecule has 184 valence electrons. The van der Waals surface area contributed by atoms with Crippen molar-refractivity contribution < 1.29 is 19.2 Å². The number of para-hydroxylation sites is 2. The van der Waals surface area contributed by atoms with Crippen molar-refractivity contribution in [2.24, 2.45) is 0 Å². The van der Waals surface area contributed by atoms with E-state index >= 15 is 0 Å². The Hall–Kier alpha value is -4.93. The standard InChI is InChI=1S/C26H21N7O4/c1-13-23(20-12-27-18-5-3-4-6-19(18)28-20)14(2)33(30-13)31-15-7-8-16-17(11-15)26(37)32(25(16)36)21-9-10-22(34)29-24(21)35/h3-8,11-12,21,31H,9-10H2,1-2H3,(H,29,34,35). The summed E-state index contributed by atoms with van der Waals surface area (Å²) >= 11 is 0. The molecular formula is C26H21N7O4. The van der Waals surface area contributed by atoms with Crippen molar-refractivity contribution in [1.82, 2.24) is 30.1 Å². The number of rotatable bonds is 4. The lowest BCUT2D eigenvalue weighted by Crippen LogP contribution is -2.54. The molecule has 1 fully saturated rings. The van der Waals surface area contributed by atoms with E-state index < -0.39 is 29.7 Å². The molecule has 6 rings (SSSR count). The summed E-state index contributed by atoms with van der Waals surface area (Å²) in [5, 5.41) is 6.78. The van der Waals surface area contributed by atoms with Crippen LogP contribution in [0.2, 0.25) is 0 Å². The van der Waals surface area contributed by atoms with Crippen LogP contribution in [0.25, 0.3) is 22.3 Å². The van der Waals surface area contributed by atoms with E-state index in [0.717, 1.165) is 32.9 Å². The van der Waals surface area contributed by atoms with Crippen molar-refractivity contribution in [3.05, 3.63) is 71.2 Å². The van der Waals surface area contributed by atoms with Gasteiger partial charge < -0.3 is 0 Å². The van der Waals surface area contributed by atoms with Gasteiger partial charge in [0.25, 0.3) is 11.8 Å². The molecule has 4 heterocycles. The summed E-state index contributed by atoms with van der Waals surface area (Å²) in [4.78, 5) is 61.6. The fraction of sp³-hybridized carbons (Fsp3) is 0.192. The highest BCUT2D eigenvalue weighted by atomic mass is 16.2. The Bertz CT molecular complexity index is 1660. The lowest BCUT2D eigenvalue weighted by molar-refractivity contribution is -0.136. The van der Waals surface area contributed by atoms with Crippen LogP contribution in [0.4, 0.5) is 5.69 Å². The highest BCUT2D eigenvalue weighted by Gasteiger charge is 2.44. The molecule has 0 bridgehead atoms. The molecule has 0 saturated carbocycles. The summed E-state index contributed by atoms with van der Waals surface area (Å²) in [5.74, 6) is -2.18. The van der Waals surface area contributed by atoms with Crippen LogP contribution in [0.3, 0.4) is 0 Å². The summed E-state index contributed by atoms with van der Waals surface area (Å²) in [6.45, 7) is 3.77. The number of fused-ring (bicyclic) bond motifs is 2. The number of nitrogens with zero attached hydrogens (tertiary/aromatic N) is 5. The van der Waals surface area contributed by atoms with Gasteiger partial charge in [-0.25, -0.2) is 4.98 Å². The van der Waals surface area contributed by atoms with Crippen molar-refractivity contribution in [3.63, 3.8) is 0 Å². The number of amides is 4. The van der Waals surface area contributed by atoms with Crippen molar-refractivity contribution in [2.45, 2.75) is 32.7 Å². The van der Waals surface area contributed by atoms with Crippen LogP contribution in [-0.2, 0) is 9.59 Å². The number of imide groups is 2. The maximum Gasteiger partial charge on any atom is 0.262 e. The minimum atomic E-state index is -1.01. The third kappa shape index (κ3) is 3.63. The molecule has 2 aliphatic heterocycles. The summed E-state index contributed by atoms with van der Waals surface area (Å²) in [6, 6.07) is 11.4. The average Bonchev–Trinajstić information content (AvgIpc) is 3.30. The van der Waals surface area contributed by atoms with Gasteiger partial charge in [0.1, 0.15) is 6.04 Å². The Morgan fingerprint density at radius 1 is 0.973 bits per heavy atom. The van der Waals surface area contributed by atoms with Gasteiger partial charge in [-0.2, -0.15) is 9.89 Å². The second-order valence-electron chi connectivity index (χ2n) is 9.02. The van der Waals surface area contributed by atoms with E-state index in [1.165, 1.54) is 0 Å². The van der Waals surface area contributed by atoms with Gasteiger partial charge in [0.2, 0.25) is 11.8 Å². The second kappa shape index (κ2) is 8.33. The van der Waals surface area contributed by atoms with Crippen LogP contribution < -0.4 is 10.7 Å². The molecule has 2 N–H and O–H groups in total. The van der Waals surface area contributed by atoms with Gasteiger partial charge in [-0.05, 0) is 50.6 Å². The predicted octanol–water partition coefficient (Wildman–Crippen LogP) is 2.39. The molecular weight excluding hydrogens is 474 g/mol. The maximum absolute atomic E-state index is 13.1. The molecule has 11 nitrogen and oxygen atoms in total. The van der Waals surface area contributed by atoms with Gasteiger partial charge in [-0.1, -0.05) is 12.1 Å². The van der Waals surface area contributed by atoms with E-state index in [-0.39, 0.29) is 24.0 Å². The minimum absolute atomic E-state index is 0.0679. The lowest BCUT2D eigenvalue weighted by atomic mass is 10.0. The number of anilines is 1. The Balaban J connectivity index is 1.29. The van der Waals surface area contributed by atoms with Crippen molar-refractivity contribution in [1.29, 1.82) is 0 Å². The Labute approximate surface area is 210 Å². The number of aromatic nitrogens is 4. The maximum atomic E-state index is 13.1. The quantitative estimate of drug-likeness (QED) is 0.412. The first-order chi connectivity index (χ1) is 17.8. The Morgan fingerprint density at radius 2 is 1.73 bits per heavy atom. The third-order valence-electron chi connectivity index (χ3n) is 6.67. The Kier molecular flexibility index (Phi) is 5.07. The van der Waals surface area contributed by atoms with Gasteiger partial charge in [0, 0.05) is 12.0 Å². The molecule has 1 unspecified atom stereocenters. The molecule has 1 saturated heterocycles. The monoisotopic (exact) mass is 495 g/mol. The molecule has 2 aromatic heterocycles. The number of hydrogen-bond acceptors (Lipinski definition) is 8. The zero-order chi connectivity index (χ0) is 25.8. The predicted molar refractivity (Wildman–Crippen MR) is 132 cm³/mol. The molecule has 37 heavy (non-hydrogen) atoms. The average molecular weight is 495 g/mol. The van der Waals surface area contributed by atoms with Gasteiger partial charge >= 0.3 is 0 Å². The number of carbonyl (C=O) groups excluding carboxylic acids is 4. The SMILES string of the molecule is Cc1nn(Nc2ccc3c(c2)C(=O)N(C2CCC(=O)NC2=O)C3=O)c(C)c1-c1cnc2ccccc2n1.